The van der Waals surface area contributed by atoms with Crippen molar-refractivity contribution in [3.05, 3.63) is 33.2 Å². The first-order chi connectivity index (χ1) is 7.56. The first-order valence-corrected chi connectivity index (χ1v) is 5.33. The Morgan fingerprint density at radius 2 is 2.25 bits per heavy atom. The van der Waals surface area contributed by atoms with Crippen molar-refractivity contribution in [2.45, 2.75) is 18.6 Å². The first-order valence-electron chi connectivity index (χ1n) is 4.95. The van der Waals surface area contributed by atoms with Crippen molar-refractivity contribution in [3.63, 3.8) is 0 Å². The number of aromatic nitrogens is 1. The van der Waals surface area contributed by atoms with Crippen molar-refractivity contribution in [2.75, 3.05) is 13.6 Å². The number of pyridine rings is 1. The molecule has 6 heteroatoms. The van der Waals surface area contributed by atoms with Gasteiger partial charge in [0.2, 0.25) is 0 Å². The second kappa shape index (κ2) is 6.00. The summed E-state index contributed by atoms with van der Waals surface area (Å²) in [5.41, 5.74) is -0.0180. The van der Waals surface area contributed by atoms with Crippen molar-refractivity contribution >= 4 is 11.6 Å². The molecule has 0 aliphatic carbocycles. The van der Waals surface area contributed by atoms with E-state index in [0.717, 1.165) is 0 Å². The number of hydrogen-bond donors (Lipinski definition) is 4. The number of halogens is 1. The number of nitrogens with one attached hydrogen (secondary N) is 2. The Morgan fingerprint density at radius 3 is 2.81 bits per heavy atom. The van der Waals surface area contributed by atoms with E-state index in [4.69, 9.17) is 11.6 Å². The summed E-state index contributed by atoms with van der Waals surface area (Å²) in [6.07, 6.45) is -0.187. The molecular weight excluding hydrogens is 232 g/mol. The highest BCUT2D eigenvalue weighted by Crippen LogP contribution is 2.19. The molecule has 1 heterocycles. The third-order valence-corrected chi connectivity index (χ3v) is 2.56. The molecule has 1 aromatic rings. The van der Waals surface area contributed by atoms with Crippen molar-refractivity contribution in [3.8, 4) is 0 Å². The normalized spacial score (nSPS) is 14.8. The van der Waals surface area contributed by atoms with Crippen LogP contribution in [0.5, 0.6) is 0 Å². The third kappa shape index (κ3) is 3.31. The minimum atomic E-state index is -1.05. The van der Waals surface area contributed by atoms with Gasteiger partial charge >= 0.3 is 0 Å². The molecule has 1 aromatic heterocycles. The maximum absolute atomic E-state index is 11.0. The Bertz CT molecular complexity index is 394. The summed E-state index contributed by atoms with van der Waals surface area (Å²) < 4.78 is 0. The topological polar surface area (TPSA) is 85.3 Å². The van der Waals surface area contributed by atoms with Crippen LogP contribution in [0.15, 0.2) is 17.1 Å². The van der Waals surface area contributed by atoms with E-state index in [9.17, 15) is 15.0 Å². The van der Waals surface area contributed by atoms with Gasteiger partial charge in [0, 0.05) is 11.8 Å². The van der Waals surface area contributed by atoms with E-state index in [1.807, 2.05) is 0 Å². The molecular formula is C10H15ClN2O3. The molecule has 0 saturated heterocycles. The lowest BCUT2D eigenvalue weighted by molar-refractivity contribution is 0.0138. The predicted octanol–water partition coefficient (Wildman–Crippen LogP) is 0.0321. The average molecular weight is 247 g/mol. The van der Waals surface area contributed by atoms with Gasteiger partial charge in [-0.25, -0.2) is 0 Å². The summed E-state index contributed by atoms with van der Waals surface area (Å²) in [4.78, 5) is 13.4. The molecule has 0 fully saturated rings. The van der Waals surface area contributed by atoms with E-state index >= 15 is 0 Å². The molecule has 5 nitrogen and oxygen atoms in total. The molecule has 0 amide bonds. The van der Waals surface area contributed by atoms with Gasteiger partial charge < -0.3 is 20.5 Å². The number of rotatable bonds is 5. The molecule has 0 aromatic carbocycles. The van der Waals surface area contributed by atoms with Crippen LogP contribution in [0, 0.1) is 0 Å². The fourth-order valence-electron chi connectivity index (χ4n) is 1.31. The summed E-state index contributed by atoms with van der Waals surface area (Å²) in [7, 11) is 1.76. The van der Waals surface area contributed by atoms with E-state index in [1.165, 1.54) is 12.3 Å². The molecule has 2 atom stereocenters. The van der Waals surface area contributed by atoms with Crippen molar-refractivity contribution in [1.82, 2.24) is 10.3 Å². The summed E-state index contributed by atoms with van der Waals surface area (Å²) in [6.45, 7) is 0.593. The maximum Gasteiger partial charge on any atom is 0.266 e. The molecule has 4 N–H and O–H groups in total. The van der Waals surface area contributed by atoms with Crippen LogP contribution in [-0.2, 0) is 0 Å². The summed E-state index contributed by atoms with van der Waals surface area (Å²) in [5, 5.41) is 22.3. The highest BCUT2D eigenvalue weighted by Gasteiger charge is 2.18. The van der Waals surface area contributed by atoms with Gasteiger partial charge in [-0.15, -0.1) is 0 Å². The van der Waals surface area contributed by atoms with Gasteiger partial charge in [0.1, 0.15) is 11.1 Å². The minimum Gasteiger partial charge on any atom is -0.390 e. The van der Waals surface area contributed by atoms with Gasteiger partial charge in [-0.3, -0.25) is 4.79 Å². The lowest BCUT2D eigenvalue weighted by Crippen LogP contribution is -2.24. The Balaban J connectivity index is 2.75. The third-order valence-electron chi connectivity index (χ3n) is 2.28. The standard InChI is InChI=1S/C10H15ClN2O3/c1-12-3-2-8(14)9(15)6-4-7(11)10(16)13-5-6/h4-5,8-9,12,14-15H,2-3H2,1H3,(H,13,16). The van der Waals surface area contributed by atoms with Crippen LogP contribution in [0.2, 0.25) is 5.02 Å². The zero-order valence-corrected chi connectivity index (χ0v) is 9.66. The molecule has 0 aliphatic rings. The van der Waals surface area contributed by atoms with Crippen LogP contribution in [0.25, 0.3) is 0 Å². The van der Waals surface area contributed by atoms with Gasteiger partial charge in [-0.1, -0.05) is 11.6 Å². The number of aliphatic hydroxyl groups is 2. The number of aliphatic hydroxyl groups excluding tert-OH is 2. The largest absolute Gasteiger partial charge is 0.390 e. The fraction of sp³-hybridized carbons (Fsp3) is 0.500. The molecule has 1 rings (SSSR count). The van der Waals surface area contributed by atoms with Gasteiger partial charge in [-0.2, -0.15) is 0 Å². The summed E-state index contributed by atoms with van der Waals surface area (Å²) in [6, 6.07) is 1.35. The lowest BCUT2D eigenvalue weighted by Gasteiger charge is -2.17. The smallest absolute Gasteiger partial charge is 0.266 e. The van der Waals surface area contributed by atoms with Crippen molar-refractivity contribution < 1.29 is 10.2 Å². The quantitative estimate of drug-likeness (QED) is 0.591. The number of H-pyrrole nitrogens is 1. The van der Waals surface area contributed by atoms with Crippen LogP contribution in [-0.4, -0.2) is 34.9 Å². The first kappa shape index (κ1) is 13.2. The number of aromatic amines is 1. The highest BCUT2D eigenvalue weighted by atomic mass is 35.5. The fourth-order valence-corrected chi connectivity index (χ4v) is 1.49. The van der Waals surface area contributed by atoms with Crippen LogP contribution in [0.4, 0.5) is 0 Å². The molecule has 0 bridgehead atoms. The zero-order valence-electron chi connectivity index (χ0n) is 8.90. The van der Waals surface area contributed by atoms with Crippen LogP contribution >= 0.6 is 11.6 Å². The molecule has 0 saturated carbocycles. The van der Waals surface area contributed by atoms with E-state index in [2.05, 4.69) is 10.3 Å². The van der Waals surface area contributed by atoms with Gasteiger partial charge in [0.15, 0.2) is 0 Å². The monoisotopic (exact) mass is 246 g/mol. The molecule has 0 aliphatic heterocycles. The molecule has 90 valence electrons. The molecule has 2 unspecified atom stereocenters. The van der Waals surface area contributed by atoms with Gasteiger partial charge in [0.25, 0.3) is 5.56 Å². The lowest BCUT2D eigenvalue weighted by atomic mass is 10.0. The zero-order chi connectivity index (χ0) is 12.1. The second-order valence-electron chi connectivity index (χ2n) is 3.51. The SMILES string of the molecule is CNCCC(O)C(O)c1c[nH]c(=O)c(Cl)c1. The van der Waals surface area contributed by atoms with Crippen LogP contribution in [0.3, 0.4) is 0 Å². The number of hydrogen-bond acceptors (Lipinski definition) is 4. The van der Waals surface area contributed by atoms with Crippen LogP contribution in [0.1, 0.15) is 18.1 Å². The second-order valence-corrected chi connectivity index (χ2v) is 3.92. The van der Waals surface area contributed by atoms with Crippen molar-refractivity contribution in [2.24, 2.45) is 0 Å². The summed E-state index contributed by atoms with van der Waals surface area (Å²) >= 11 is 5.62. The van der Waals surface area contributed by atoms with Crippen molar-refractivity contribution in [1.29, 1.82) is 0 Å². The molecule has 0 spiro atoms. The molecule has 0 radical (unpaired) electrons. The summed E-state index contributed by atoms with van der Waals surface area (Å²) in [5.74, 6) is 0. The Kier molecular flexibility index (Phi) is 4.95. The van der Waals surface area contributed by atoms with Gasteiger partial charge in [0.05, 0.1) is 6.10 Å². The minimum absolute atomic E-state index is 0.00244. The van der Waals surface area contributed by atoms with E-state index in [0.29, 0.717) is 18.5 Å². The Labute approximate surface area is 98.1 Å². The van der Waals surface area contributed by atoms with E-state index in [1.54, 1.807) is 7.05 Å². The van der Waals surface area contributed by atoms with E-state index < -0.39 is 17.8 Å². The van der Waals surface area contributed by atoms with Crippen LogP contribution < -0.4 is 10.9 Å². The van der Waals surface area contributed by atoms with Gasteiger partial charge in [-0.05, 0) is 26.1 Å². The molecule has 16 heavy (non-hydrogen) atoms. The Morgan fingerprint density at radius 1 is 1.56 bits per heavy atom. The Hall–Kier alpha value is -0.880. The highest BCUT2D eigenvalue weighted by molar-refractivity contribution is 6.30. The predicted molar refractivity (Wildman–Crippen MR) is 61.6 cm³/mol. The maximum atomic E-state index is 11.0. The van der Waals surface area contributed by atoms with E-state index in [-0.39, 0.29) is 5.02 Å². The average Bonchev–Trinajstić information content (AvgIpc) is 2.28.